The molecular formula is C10H17N3O5. The minimum absolute atomic E-state index is 0.0748. The minimum atomic E-state index is -0.812. The van der Waals surface area contributed by atoms with E-state index in [4.69, 9.17) is 15.2 Å². The van der Waals surface area contributed by atoms with E-state index in [1.54, 1.807) is 6.92 Å². The largest absolute Gasteiger partial charge is 0.465 e. The molecule has 0 unspecified atom stereocenters. The fourth-order valence-electron chi connectivity index (χ4n) is 1.50. The van der Waals surface area contributed by atoms with E-state index in [0.29, 0.717) is 13.1 Å². The molecule has 1 aliphatic heterocycles. The molecule has 18 heavy (non-hydrogen) atoms. The predicted molar refractivity (Wildman–Crippen MR) is 60.5 cm³/mol. The number of ether oxygens (including phenoxy) is 2. The number of hydrogen-bond donors (Lipinski definition) is 2. The van der Waals surface area contributed by atoms with Crippen LogP contribution in [0.1, 0.15) is 6.92 Å². The zero-order chi connectivity index (χ0) is 13.5. The molecular weight excluding hydrogens is 242 g/mol. The monoisotopic (exact) mass is 259 g/mol. The van der Waals surface area contributed by atoms with Crippen molar-refractivity contribution in [1.29, 1.82) is 0 Å². The number of nitrogens with zero attached hydrogens (tertiary/aromatic N) is 1. The van der Waals surface area contributed by atoms with Crippen LogP contribution in [-0.4, -0.2) is 61.8 Å². The smallest absolute Gasteiger partial charge is 0.411 e. The maximum atomic E-state index is 11.7. The van der Waals surface area contributed by atoms with Crippen LogP contribution in [0.5, 0.6) is 0 Å². The van der Waals surface area contributed by atoms with Crippen molar-refractivity contribution in [2.75, 3.05) is 32.8 Å². The van der Waals surface area contributed by atoms with Gasteiger partial charge in [-0.25, -0.2) is 4.79 Å². The topological polar surface area (TPSA) is 111 Å². The Bertz CT molecular complexity index is 333. The van der Waals surface area contributed by atoms with Crippen LogP contribution in [0.3, 0.4) is 0 Å². The Morgan fingerprint density at radius 2 is 2.33 bits per heavy atom. The molecule has 1 rings (SSSR count). The van der Waals surface area contributed by atoms with Gasteiger partial charge < -0.3 is 20.5 Å². The standard InChI is InChI=1S/C10H17N3O5/c1-2-17-8(14)5-13-7(6-18-10(13)16)9(15)12-4-3-11/h7H,2-6,11H2,1H3,(H,12,15)/t7-/m0/s1. The van der Waals surface area contributed by atoms with Crippen molar-refractivity contribution in [1.82, 2.24) is 10.2 Å². The third-order valence-electron chi connectivity index (χ3n) is 2.33. The van der Waals surface area contributed by atoms with Crippen LogP contribution in [0, 0.1) is 0 Å². The van der Waals surface area contributed by atoms with Gasteiger partial charge in [-0.15, -0.1) is 0 Å². The lowest BCUT2D eigenvalue weighted by Gasteiger charge is -2.19. The molecule has 1 aliphatic rings. The van der Waals surface area contributed by atoms with E-state index in [9.17, 15) is 14.4 Å². The SMILES string of the molecule is CCOC(=O)CN1C(=O)OC[C@H]1C(=O)NCCN. The number of esters is 1. The Morgan fingerprint density at radius 3 is 2.94 bits per heavy atom. The predicted octanol–water partition coefficient (Wildman–Crippen LogP) is -1.55. The summed E-state index contributed by atoms with van der Waals surface area (Å²) in [5, 5.41) is 2.54. The molecule has 0 aromatic heterocycles. The Balaban J connectivity index is 2.58. The fourth-order valence-corrected chi connectivity index (χ4v) is 1.50. The average molecular weight is 259 g/mol. The zero-order valence-corrected chi connectivity index (χ0v) is 10.2. The molecule has 0 aliphatic carbocycles. The molecule has 8 heteroatoms. The summed E-state index contributed by atoms with van der Waals surface area (Å²) in [5.41, 5.74) is 5.26. The van der Waals surface area contributed by atoms with E-state index in [1.165, 1.54) is 0 Å². The highest BCUT2D eigenvalue weighted by molar-refractivity contribution is 5.90. The van der Waals surface area contributed by atoms with Crippen molar-refractivity contribution in [3.63, 3.8) is 0 Å². The third kappa shape index (κ3) is 3.59. The van der Waals surface area contributed by atoms with Crippen molar-refractivity contribution in [2.24, 2.45) is 5.73 Å². The molecule has 1 atom stereocenters. The average Bonchev–Trinajstić information content (AvgIpc) is 2.68. The van der Waals surface area contributed by atoms with Crippen molar-refractivity contribution in [3.05, 3.63) is 0 Å². The number of carbonyl (C=O) groups excluding carboxylic acids is 3. The number of nitrogens with one attached hydrogen (secondary N) is 1. The first kappa shape index (κ1) is 14.2. The number of nitrogens with two attached hydrogens (primary N) is 1. The molecule has 0 aromatic rings. The third-order valence-corrected chi connectivity index (χ3v) is 2.33. The summed E-state index contributed by atoms with van der Waals surface area (Å²) in [5.74, 6) is -0.969. The molecule has 8 nitrogen and oxygen atoms in total. The van der Waals surface area contributed by atoms with Crippen LogP contribution >= 0.6 is 0 Å². The highest BCUT2D eigenvalue weighted by Gasteiger charge is 2.39. The summed E-state index contributed by atoms with van der Waals surface area (Å²) < 4.78 is 9.47. The van der Waals surface area contributed by atoms with E-state index in [2.05, 4.69) is 5.32 Å². The van der Waals surface area contributed by atoms with Gasteiger partial charge in [-0.05, 0) is 6.92 Å². The normalized spacial score (nSPS) is 18.4. The van der Waals surface area contributed by atoms with Gasteiger partial charge in [0.15, 0.2) is 0 Å². The van der Waals surface area contributed by atoms with E-state index in [1.807, 2.05) is 0 Å². The second-order valence-electron chi connectivity index (χ2n) is 3.61. The molecule has 0 spiro atoms. The summed E-state index contributed by atoms with van der Waals surface area (Å²) in [4.78, 5) is 35.4. The van der Waals surface area contributed by atoms with Crippen molar-refractivity contribution in [2.45, 2.75) is 13.0 Å². The number of rotatable bonds is 6. The molecule has 102 valence electrons. The summed E-state index contributed by atoms with van der Waals surface area (Å²) in [6, 6.07) is -0.812. The first-order chi connectivity index (χ1) is 8.60. The van der Waals surface area contributed by atoms with Crippen LogP contribution in [0.15, 0.2) is 0 Å². The summed E-state index contributed by atoms with van der Waals surface area (Å²) in [6.45, 7) is 2.10. The Morgan fingerprint density at radius 1 is 1.61 bits per heavy atom. The summed E-state index contributed by atoms with van der Waals surface area (Å²) >= 11 is 0. The Hall–Kier alpha value is -1.83. The van der Waals surface area contributed by atoms with Crippen LogP contribution in [-0.2, 0) is 19.1 Å². The van der Waals surface area contributed by atoms with E-state index in [-0.39, 0.29) is 19.8 Å². The van der Waals surface area contributed by atoms with Crippen LogP contribution in [0.2, 0.25) is 0 Å². The molecule has 2 amide bonds. The molecule has 3 N–H and O–H groups in total. The maximum Gasteiger partial charge on any atom is 0.411 e. The van der Waals surface area contributed by atoms with E-state index in [0.717, 1.165) is 4.90 Å². The zero-order valence-electron chi connectivity index (χ0n) is 10.2. The number of amides is 2. The van der Waals surface area contributed by atoms with Gasteiger partial charge >= 0.3 is 12.1 Å². The molecule has 1 fully saturated rings. The minimum Gasteiger partial charge on any atom is -0.465 e. The van der Waals surface area contributed by atoms with Crippen LogP contribution in [0.25, 0.3) is 0 Å². The summed E-state index contributed by atoms with van der Waals surface area (Å²) in [6.07, 6.45) is -0.698. The van der Waals surface area contributed by atoms with Gasteiger partial charge in [0.2, 0.25) is 5.91 Å². The highest BCUT2D eigenvalue weighted by atomic mass is 16.6. The van der Waals surface area contributed by atoms with Gasteiger partial charge in [-0.2, -0.15) is 0 Å². The van der Waals surface area contributed by atoms with Gasteiger partial charge in [0.05, 0.1) is 6.61 Å². The van der Waals surface area contributed by atoms with Gasteiger partial charge in [0, 0.05) is 13.1 Å². The quantitative estimate of drug-likeness (QED) is 0.558. The molecule has 0 bridgehead atoms. The molecule has 0 aromatic carbocycles. The lowest BCUT2D eigenvalue weighted by atomic mass is 10.2. The maximum absolute atomic E-state index is 11.7. The fraction of sp³-hybridized carbons (Fsp3) is 0.700. The highest BCUT2D eigenvalue weighted by Crippen LogP contribution is 2.12. The van der Waals surface area contributed by atoms with Crippen molar-refractivity contribution < 1.29 is 23.9 Å². The molecule has 0 radical (unpaired) electrons. The number of carbonyl (C=O) groups is 3. The molecule has 0 saturated carbocycles. The second kappa shape index (κ2) is 6.80. The van der Waals surface area contributed by atoms with Gasteiger partial charge in [-0.1, -0.05) is 0 Å². The Kier molecular flexibility index (Phi) is 5.37. The lowest BCUT2D eigenvalue weighted by Crippen LogP contribution is -2.48. The number of cyclic esters (lactones) is 1. The first-order valence-corrected chi connectivity index (χ1v) is 5.67. The van der Waals surface area contributed by atoms with Gasteiger partial charge in [0.1, 0.15) is 19.2 Å². The van der Waals surface area contributed by atoms with Gasteiger partial charge in [0.25, 0.3) is 0 Å². The van der Waals surface area contributed by atoms with Gasteiger partial charge in [-0.3, -0.25) is 14.5 Å². The van der Waals surface area contributed by atoms with Crippen LogP contribution in [0.4, 0.5) is 4.79 Å². The lowest BCUT2D eigenvalue weighted by molar-refractivity contribution is -0.144. The molecule has 1 heterocycles. The number of hydrogen-bond acceptors (Lipinski definition) is 6. The first-order valence-electron chi connectivity index (χ1n) is 5.67. The van der Waals surface area contributed by atoms with Crippen LogP contribution < -0.4 is 11.1 Å². The molecule has 1 saturated heterocycles. The van der Waals surface area contributed by atoms with Crippen molar-refractivity contribution in [3.8, 4) is 0 Å². The van der Waals surface area contributed by atoms with E-state index >= 15 is 0 Å². The van der Waals surface area contributed by atoms with E-state index < -0.39 is 24.0 Å². The Labute approximate surface area is 104 Å². The second-order valence-corrected chi connectivity index (χ2v) is 3.61. The van der Waals surface area contributed by atoms with Crippen molar-refractivity contribution >= 4 is 18.0 Å². The summed E-state index contributed by atoms with van der Waals surface area (Å²) in [7, 11) is 0.